The van der Waals surface area contributed by atoms with Crippen molar-refractivity contribution in [2.45, 2.75) is 13.0 Å². The molecule has 2 aromatic carbocycles. The van der Waals surface area contributed by atoms with E-state index in [2.05, 4.69) is 10.2 Å². The Morgan fingerprint density at radius 2 is 1.83 bits per heavy atom. The molecular formula is C16H11Cl2FN2O2. The Morgan fingerprint density at radius 3 is 2.52 bits per heavy atom. The molecule has 0 saturated carbocycles. The summed E-state index contributed by atoms with van der Waals surface area (Å²) in [5.74, 6) is 0.709. The largest absolute Gasteiger partial charge is 0.479 e. The third kappa shape index (κ3) is 3.63. The molecule has 3 aromatic rings. The van der Waals surface area contributed by atoms with Gasteiger partial charge in [0.2, 0.25) is 5.89 Å². The van der Waals surface area contributed by atoms with Crippen molar-refractivity contribution in [2.75, 3.05) is 0 Å². The van der Waals surface area contributed by atoms with Gasteiger partial charge in [0.15, 0.2) is 6.10 Å². The molecule has 0 aliphatic heterocycles. The predicted molar refractivity (Wildman–Crippen MR) is 85.2 cm³/mol. The van der Waals surface area contributed by atoms with Crippen LogP contribution < -0.4 is 4.74 Å². The summed E-state index contributed by atoms with van der Waals surface area (Å²) in [6.45, 7) is 1.76. The Bertz CT molecular complexity index is 821. The van der Waals surface area contributed by atoms with Gasteiger partial charge in [0.1, 0.15) is 11.6 Å². The molecule has 0 saturated heterocycles. The van der Waals surface area contributed by atoms with Crippen LogP contribution in [0.4, 0.5) is 4.39 Å². The van der Waals surface area contributed by atoms with E-state index < -0.39 is 6.10 Å². The molecule has 118 valence electrons. The van der Waals surface area contributed by atoms with E-state index >= 15 is 0 Å². The number of nitrogens with zero attached hydrogens (tertiary/aromatic N) is 2. The Balaban J connectivity index is 1.78. The highest BCUT2D eigenvalue weighted by Crippen LogP contribution is 2.31. The monoisotopic (exact) mass is 352 g/mol. The molecule has 0 radical (unpaired) electrons. The van der Waals surface area contributed by atoms with Gasteiger partial charge in [0, 0.05) is 10.6 Å². The lowest BCUT2D eigenvalue weighted by Gasteiger charge is -2.12. The summed E-state index contributed by atoms with van der Waals surface area (Å²) in [6.07, 6.45) is -0.504. The number of benzene rings is 2. The molecule has 0 aliphatic carbocycles. The average molecular weight is 353 g/mol. The van der Waals surface area contributed by atoms with Gasteiger partial charge in [-0.15, -0.1) is 10.2 Å². The normalized spacial score (nSPS) is 12.2. The summed E-state index contributed by atoms with van der Waals surface area (Å²) in [5, 5.41) is 8.81. The highest BCUT2D eigenvalue weighted by atomic mass is 35.5. The van der Waals surface area contributed by atoms with Crippen LogP contribution in [0.2, 0.25) is 10.0 Å². The van der Waals surface area contributed by atoms with E-state index in [4.69, 9.17) is 32.4 Å². The Morgan fingerprint density at radius 1 is 1.09 bits per heavy atom. The summed E-state index contributed by atoms with van der Waals surface area (Å²) in [6, 6.07) is 10.7. The van der Waals surface area contributed by atoms with Gasteiger partial charge in [0.05, 0.1) is 5.02 Å². The topological polar surface area (TPSA) is 48.2 Å². The summed E-state index contributed by atoms with van der Waals surface area (Å²) in [4.78, 5) is 0. The number of rotatable bonds is 4. The zero-order valence-electron chi connectivity index (χ0n) is 12.0. The molecule has 1 atom stereocenters. The van der Waals surface area contributed by atoms with Crippen LogP contribution >= 0.6 is 23.2 Å². The minimum atomic E-state index is -0.504. The maximum Gasteiger partial charge on any atom is 0.257 e. The Labute approximate surface area is 141 Å². The molecule has 0 fully saturated rings. The van der Waals surface area contributed by atoms with Crippen LogP contribution in [-0.2, 0) is 0 Å². The standard InChI is InChI=1S/C16H11Cl2FN2O2/c1-9(22-14-7-4-11(17)8-13(14)18)15-20-21-16(23-15)10-2-5-12(19)6-3-10/h2-9H,1H3/t9-/m1/s1. The minimum Gasteiger partial charge on any atom is -0.479 e. The quantitative estimate of drug-likeness (QED) is 0.637. The summed E-state index contributed by atoms with van der Waals surface area (Å²) in [5.41, 5.74) is 0.627. The van der Waals surface area contributed by atoms with Crippen LogP contribution in [-0.4, -0.2) is 10.2 Å². The van der Waals surface area contributed by atoms with E-state index in [0.29, 0.717) is 21.4 Å². The molecule has 1 heterocycles. The lowest BCUT2D eigenvalue weighted by Crippen LogP contribution is -2.03. The second kappa shape index (κ2) is 6.56. The Hall–Kier alpha value is -2.11. The molecule has 0 amide bonds. The maximum atomic E-state index is 12.9. The van der Waals surface area contributed by atoms with E-state index in [1.807, 2.05) is 0 Å². The first-order chi connectivity index (χ1) is 11.0. The number of hydrogen-bond donors (Lipinski definition) is 0. The molecule has 23 heavy (non-hydrogen) atoms. The summed E-state index contributed by atoms with van der Waals surface area (Å²) >= 11 is 11.9. The van der Waals surface area contributed by atoms with E-state index in [9.17, 15) is 4.39 Å². The Kier molecular flexibility index (Phi) is 4.50. The maximum absolute atomic E-state index is 12.9. The van der Waals surface area contributed by atoms with Crippen LogP contribution in [0, 0.1) is 5.82 Å². The van der Waals surface area contributed by atoms with Gasteiger partial charge in [-0.1, -0.05) is 23.2 Å². The number of hydrogen-bond acceptors (Lipinski definition) is 4. The van der Waals surface area contributed by atoms with Crippen molar-refractivity contribution in [3.8, 4) is 17.2 Å². The van der Waals surface area contributed by atoms with Gasteiger partial charge in [0.25, 0.3) is 5.89 Å². The molecule has 4 nitrogen and oxygen atoms in total. The van der Waals surface area contributed by atoms with Crippen molar-refractivity contribution < 1.29 is 13.5 Å². The van der Waals surface area contributed by atoms with Crippen LogP contribution in [0.1, 0.15) is 18.9 Å². The van der Waals surface area contributed by atoms with Crippen LogP contribution in [0.5, 0.6) is 5.75 Å². The zero-order chi connectivity index (χ0) is 16.4. The molecule has 1 aromatic heterocycles. The fourth-order valence-corrected chi connectivity index (χ4v) is 2.37. The van der Waals surface area contributed by atoms with Gasteiger partial charge < -0.3 is 9.15 Å². The first kappa shape index (κ1) is 15.8. The lowest BCUT2D eigenvalue weighted by atomic mass is 10.2. The van der Waals surface area contributed by atoms with Crippen LogP contribution in [0.3, 0.4) is 0 Å². The van der Waals surface area contributed by atoms with Gasteiger partial charge in [-0.3, -0.25) is 0 Å². The third-order valence-corrected chi connectivity index (χ3v) is 3.61. The van der Waals surface area contributed by atoms with E-state index in [1.54, 1.807) is 37.3 Å². The van der Waals surface area contributed by atoms with E-state index in [-0.39, 0.29) is 17.6 Å². The molecule has 0 spiro atoms. The lowest BCUT2D eigenvalue weighted by molar-refractivity contribution is 0.190. The van der Waals surface area contributed by atoms with Crippen molar-refractivity contribution in [1.29, 1.82) is 0 Å². The van der Waals surface area contributed by atoms with E-state index in [1.165, 1.54) is 12.1 Å². The fraction of sp³-hybridized carbons (Fsp3) is 0.125. The van der Waals surface area contributed by atoms with Gasteiger partial charge in [-0.05, 0) is 49.4 Å². The third-order valence-electron chi connectivity index (χ3n) is 3.08. The number of ether oxygens (including phenoxy) is 1. The smallest absolute Gasteiger partial charge is 0.257 e. The second-order valence-corrected chi connectivity index (χ2v) is 5.63. The van der Waals surface area contributed by atoms with Crippen molar-refractivity contribution in [1.82, 2.24) is 10.2 Å². The summed E-state index contributed by atoms with van der Waals surface area (Å²) < 4.78 is 24.2. The van der Waals surface area contributed by atoms with Gasteiger partial charge in [-0.25, -0.2) is 4.39 Å². The summed E-state index contributed by atoms with van der Waals surface area (Å²) in [7, 11) is 0. The SMILES string of the molecule is C[C@@H](Oc1ccc(Cl)cc1Cl)c1nnc(-c2ccc(F)cc2)o1. The molecule has 7 heteroatoms. The predicted octanol–water partition coefficient (Wildman–Crippen LogP) is 5.32. The second-order valence-electron chi connectivity index (χ2n) is 4.79. The molecule has 3 rings (SSSR count). The molecule has 0 N–H and O–H groups in total. The zero-order valence-corrected chi connectivity index (χ0v) is 13.5. The van der Waals surface area contributed by atoms with Gasteiger partial charge >= 0.3 is 0 Å². The fourth-order valence-electron chi connectivity index (χ4n) is 1.92. The van der Waals surface area contributed by atoms with Crippen molar-refractivity contribution in [3.63, 3.8) is 0 Å². The minimum absolute atomic E-state index is 0.287. The van der Waals surface area contributed by atoms with Crippen LogP contribution in [0.25, 0.3) is 11.5 Å². The first-order valence-corrected chi connectivity index (χ1v) is 7.49. The van der Waals surface area contributed by atoms with Crippen LogP contribution in [0.15, 0.2) is 46.9 Å². The number of halogens is 3. The molecule has 0 bridgehead atoms. The first-order valence-electron chi connectivity index (χ1n) is 6.74. The average Bonchev–Trinajstić information content (AvgIpc) is 3.01. The molecule has 0 unspecified atom stereocenters. The molecular weight excluding hydrogens is 342 g/mol. The highest BCUT2D eigenvalue weighted by molar-refractivity contribution is 6.35. The highest BCUT2D eigenvalue weighted by Gasteiger charge is 2.18. The van der Waals surface area contributed by atoms with Gasteiger partial charge in [-0.2, -0.15) is 0 Å². The molecule has 0 aliphatic rings. The van der Waals surface area contributed by atoms with Crippen molar-refractivity contribution >= 4 is 23.2 Å². The van der Waals surface area contributed by atoms with Crippen molar-refractivity contribution in [2.24, 2.45) is 0 Å². The van der Waals surface area contributed by atoms with E-state index in [0.717, 1.165) is 0 Å². The van der Waals surface area contributed by atoms with Crippen molar-refractivity contribution in [3.05, 3.63) is 64.2 Å². The number of aromatic nitrogens is 2.